The fraction of sp³-hybridized carbons (Fsp3) is 0.467. The lowest BCUT2D eigenvalue weighted by molar-refractivity contribution is -0.122. The van der Waals surface area contributed by atoms with Crippen LogP contribution >= 0.6 is 23.6 Å². The summed E-state index contributed by atoms with van der Waals surface area (Å²) >= 11 is 7.04. The average molecular weight is 337 g/mol. The maximum atomic E-state index is 12.6. The topological polar surface area (TPSA) is 36.0 Å². The second-order valence-corrected chi connectivity index (χ2v) is 6.64. The molecule has 2 aliphatic rings. The third-order valence-corrected chi connectivity index (χ3v) is 5.22. The number of nitrogens with zero attached hydrogens (tertiary/aromatic N) is 3. The third kappa shape index (κ3) is 3.22. The molecule has 2 fully saturated rings. The summed E-state index contributed by atoms with van der Waals surface area (Å²) in [7, 11) is 1.86. The number of hydrogen-bond acceptors (Lipinski definition) is 5. The molecule has 3 rings (SSSR count). The molecule has 118 valence electrons. The minimum atomic E-state index is -0.00541. The summed E-state index contributed by atoms with van der Waals surface area (Å²) in [5, 5.41) is 2.58. The minimum absolute atomic E-state index is 0.00541. The van der Waals surface area contributed by atoms with Gasteiger partial charge in [-0.15, -0.1) is 11.3 Å². The maximum Gasteiger partial charge on any atom is 0.276 e. The molecule has 0 radical (unpaired) electrons. The van der Waals surface area contributed by atoms with Crippen molar-refractivity contribution in [2.45, 2.75) is 0 Å². The Morgan fingerprint density at radius 1 is 1.36 bits per heavy atom. The summed E-state index contributed by atoms with van der Waals surface area (Å²) in [6.45, 7) is 4.83. The van der Waals surface area contributed by atoms with Crippen molar-refractivity contribution in [3.05, 3.63) is 28.1 Å². The van der Waals surface area contributed by atoms with E-state index in [0.29, 0.717) is 17.4 Å². The van der Waals surface area contributed by atoms with Gasteiger partial charge in [0.25, 0.3) is 5.91 Å². The van der Waals surface area contributed by atoms with E-state index in [9.17, 15) is 4.79 Å². The van der Waals surface area contributed by atoms with Crippen LogP contribution in [0.15, 0.2) is 23.2 Å². The van der Waals surface area contributed by atoms with Gasteiger partial charge in [0.1, 0.15) is 5.70 Å². The van der Waals surface area contributed by atoms with Crippen molar-refractivity contribution in [3.63, 3.8) is 0 Å². The monoisotopic (exact) mass is 337 g/mol. The molecule has 5 nitrogen and oxygen atoms in total. The van der Waals surface area contributed by atoms with Gasteiger partial charge < -0.3 is 9.64 Å². The molecule has 1 aromatic heterocycles. The predicted octanol–water partition coefficient (Wildman–Crippen LogP) is 1.48. The number of likely N-dealkylation sites (N-methyl/N-ethyl adjacent to an activating group) is 1. The molecule has 1 amide bonds. The second-order valence-electron chi connectivity index (χ2n) is 5.30. The average Bonchev–Trinajstić information content (AvgIpc) is 3.11. The van der Waals surface area contributed by atoms with Crippen LogP contribution in [-0.4, -0.2) is 72.2 Å². The molecule has 1 aromatic rings. The molecule has 0 saturated carbocycles. The first-order chi connectivity index (χ1) is 10.7. The van der Waals surface area contributed by atoms with Crippen molar-refractivity contribution >= 4 is 40.7 Å². The molecular formula is C15H19N3O2S2. The highest BCUT2D eigenvalue weighted by molar-refractivity contribution is 7.80. The highest BCUT2D eigenvalue weighted by Gasteiger charge is 2.35. The van der Waals surface area contributed by atoms with Gasteiger partial charge in [0.15, 0.2) is 5.11 Å². The summed E-state index contributed by atoms with van der Waals surface area (Å²) in [5.41, 5.74) is 0.648. The van der Waals surface area contributed by atoms with Crippen molar-refractivity contribution in [1.82, 2.24) is 14.7 Å². The number of rotatable bonds is 4. The van der Waals surface area contributed by atoms with E-state index in [2.05, 4.69) is 4.90 Å². The molecule has 2 aliphatic heterocycles. The molecule has 0 N–H and O–H groups in total. The lowest BCUT2D eigenvalue weighted by atomic mass is 10.3. The summed E-state index contributed by atoms with van der Waals surface area (Å²) in [5.74, 6) is -0.00541. The number of amides is 1. The predicted molar refractivity (Wildman–Crippen MR) is 91.6 cm³/mol. The van der Waals surface area contributed by atoms with Crippen molar-refractivity contribution in [3.8, 4) is 0 Å². The van der Waals surface area contributed by atoms with Gasteiger partial charge in [0, 0.05) is 38.1 Å². The van der Waals surface area contributed by atoms with Gasteiger partial charge >= 0.3 is 0 Å². The highest BCUT2D eigenvalue weighted by atomic mass is 32.1. The van der Waals surface area contributed by atoms with Crippen LogP contribution < -0.4 is 0 Å². The number of thiocarbonyl (C=S) groups is 1. The minimum Gasteiger partial charge on any atom is -0.379 e. The van der Waals surface area contributed by atoms with Crippen LogP contribution in [-0.2, 0) is 9.53 Å². The van der Waals surface area contributed by atoms with Crippen LogP contribution in [0.2, 0.25) is 0 Å². The van der Waals surface area contributed by atoms with Crippen LogP contribution in [0, 0.1) is 0 Å². The fourth-order valence-electron chi connectivity index (χ4n) is 2.58. The van der Waals surface area contributed by atoms with E-state index < -0.39 is 0 Å². The van der Waals surface area contributed by atoms with Gasteiger partial charge in [-0.2, -0.15) is 0 Å². The van der Waals surface area contributed by atoms with E-state index in [1.54, 1.807) is 21.1 Å². The molecule has 0 aromatic carbocycles. The van der Waals surface area contributed by atoms with Gasteiger partial charge in [0.2, 0.25) is 0 Å². The van der Waals surface area contributed by atoms with Crippen LogP contribution in [0.3, 0.4) is 0 Å². The number of morpholine rings is 1. The number of carbonyl (C=O) groups excluding carboxylic acids is 1. The van der Waals surface area contributed by atoms with Crippen molar-refractivity contribution < 1.29 is 9.53 Å². The third-order valence-electron chi connectivity index (χ3n) is 3.91. The quantitative estimate of drug-likeness (QED) is 0.614. The van der Waals surface area contributed by atoms with Crippen LogP contribution in [0.5, 0.6) is 0 Å². The van der Waals surface area contributed by atoms with E-state index in [1.165, 1.54) is 0 Å². The summed E-state index contributed by atoms with van der Waals surface area (Å²) < 4.78 is 5.34. The molecule has 3 heterocycles. The lowest BCUT2D eigenvalue weighted by Crippen LogP contribution is -2.43. The van der Waals surface area contributed by atoms with E-state index in [4.69, 9.17) is 17.0 Å². The van der Waals surface area contributed by atoms with Gasteiger partial charge in [0.05, 0.1) is 13.2 Å². The Hall–Kier alpha value is -1.28. The summed E-state index contributed by atoms with van der Waals surface area (Å²) in [6, 6.07) is 3.98. The molecule has 7 heteroatoms. The zero-order chi connectivity index (χ0) is 15.5. The standard InChI is InChI=1S/C15H19N3O2S2/c1-16-13(11-12-3-2-10-22-12)14(19)18(15(16)21)5-4-17-6-8-20-9-7-17/h2-3,10-11H,4-9H2,1H3. The van der Waals surface area contributed by atoms with Gasteiger partial charge in [-0.3, -0.25) is 14.6 Å². The lowest BCUT2D eigenvalue weighted by Gasteiger charge is -2.28. The number of thiophene rings is 1. The Morgan fingerprint density at radius 2 is 2.14 bits per heavy atom. The summed E-state index contributed by atoms with van der Waals surface area (Å²) in [6.07, 6.45) is 1.91. The Labute approximate surface area is 139 Å². The Morgan fingerprint density at radius 3 is 2.82 bits per heavy atom. The zero-order valence-electron chi connectivity index (χ0n) is 12.5. The van der Waals surface area contributed by atoms with Crippen molar-refractivity contribution in [2.75, 3.05) is 46.4 Å². The first-order valence-corrected chi connectivity index (χ1v) is 8.60. The molecule has 0 aliphatic carbocycles. The van der Waals surface area contributed by atoms with Crippen molar-refractivity contribution in [1.29, 1.82) is 0 Å². The number of ether oxygens (including phenoxy) is 1. The van der Waals surface area contributed by atoms with Gasteiger partial charge in [-0.1, -0.05) is 6.07 Å². The molecule has 22 heavy (non-hydrogen) atoms. The highest BCUT2D eigenvalue weighted by Crippen LogP contribution is 2.23. The Kier molecular flexibility index (Phi) is 4.87. The van der Waals surface area contributed by atoms with Gasteiger partial charge in [-0.25, -0.2) is 0 Å². The van der Waals surface area contributed by atoms with Crippen LogP contribution in [0.4, 0.5) is 0 Å². The van der Waals surface area contributed by atoms with Crippen molar-refractivity contribution in [2.24, 2.45) is 0 Å². The SMILES string of the molecule is CN1C(=S)N(CCN2CCOCC2)C(=O)C1=Cc1cccs1. The molecular weight excluding hydrogens is 318 g/mol. The molecule has 0 atom stereocenters. The Bertz CT molecular complexity index is 580. The van der Waals surface area contributed by atoms with E-state index in [1.807, 2.05) is 30.6 Å². The van der Waals surface area contributed by atoms with Gasteiger partial charge in [-0.05, 0) is 29.7 Å². The zero-order valence-corrected chi connectivity index (χ0v) is 14.2. The normalized spacial score (nSPS) is 22.1. The summed E-state index contributed by atoms with van der Waals surface area (Å²) in [4.78, 5) is 19.5. The number of hydrogen-bond donors (Lipinski definition) is 0. The fourth-order valence-corrected chi connectivity index (χ4v) is 3.51. The molecule has 0 spiro atoms. The smallest absolute Gasteiger partial charge is 0.276 e. The van der Waals surface area contributed by atoms with Crippen LogP contribution in [0.25, 0.3) is 6.08 Å². The maximum absolute atomic E-state index is 12.6. The molecule has 0 unspecified atom stereocenters. The van der Waals surface area contributed by atoms with E-state index in [-0.39, 0.29) is 5.91 Å². The largest absolute Gasteiger partial charge is 0.379 e. The second kappa shape index (κ2) is 6.87. The Balaban J connectivity index is 1.67. The molecule has 2 saturated heterocycles. The van der Waals surface area contributed by atoms with E-state index >= 15 is 0 Å². The molecule has 0 bridgehead atoms. The number of carbonyl (C=O) groups is 1. The first kappa shape index (κ1) is 15.6. The first-order valence-electron chi connectivity index (χ1n) is 7.31. The van der Waals surface area contributed by atoms with Crippen LogP contribution in [0.1, 0.15) is 4.88 Å². The van der Waals surface area contributed by atoms with E-state index in [0.717, 1.165) is 37.7 Å².